The van der Waals surface area contributed by atoms with Gasteiger partial charge in [0.25, 0.3) is 5.56 Å². The second-order valence-electron chi connectivity index (χ2n) is 8.67. The van der Waals surface area contributed by atoms with E-state index in [1.807, 2.05) is 30.3 Å². The number of aromatic nitrogens is 2. The van der Waals surface area contributed by atoms with Gasteiger partial charge in [-0.3, -0.25) is 14.4 Å². The molecule has 9 nitrogen and oxygen atoms in total. The minimum absolute atomic E-state index is 0. The van der Waals surface area contributed by atoms with Crippen molar-refractivity contribution in [3.63, 3.8) is 0 Å². The molecule has 0 fully saturated rings. The van der Waals surface area contributed by atoms with Gasteiger partial charge in [0.1, 0.15) is 6.04 Å². The molecule has 0 aliphatic rings. The van der Waals surface area contributed by atoms with Crippen LogP contribution in [-0.4, -0.2) is 77.4 Å². The number of carbonyl (C=O) groups excluding carboxylic acids is 2. The van der Waals surface area contributed by atoms with Crippen molar-refractivity contribution in [2.24, 2.45) is 0 Å². The van der Waals surface area contributed by atoms with Crippen molar-refractivity contribution in [1.82, 2.24) is 9.78 Å². The number of benzene rings is 3. The molecule has 0 unspecified atom stereocenters. The number of ketones is 1. The molecule has 202 valence electrons. The zero-order valence-electron chi connectivity index (χ0n) is 21.1. The van der Waals surface area contributed by atoms with E-state index in [0.29, 0.717) is 21.8 Å². The summed E-state index contributed by atoms with van der Waals surface area (Å²) in [5.74, 6) is -1.84. The van der Waals surface area contributed by atoms with E-state index in [9.17, 15) is 19.2 Å². The predicted octanol–water partition coefficient (Wildman–Crippen LogP) is 3.98. The Balaban J connectivity index is 0.00000441. The number of halogens is 1. The molecule has 0 aliphatic carbocycles. The number of carboxylic acid groups (broad SMARTS) is 1. The molecule has 0 saturated carbocycles. The molecule has 1 atom stereocenters. The number of anilines is 1. The molecule has 0 spiro atoms. The fourth-order valence-electron chi connectivity index (χ4n) is 4.11. The van der Waals surface area contributed by atoms with Crippen LogP contribution in [0.1, 0.15) is 39.2 Å². The summed E-state index contributed by atoms with van der Waals surface area (Å²) in [6, 6.07) is 19.6. The van der Waals surface area contributed by atoms with Gasteiger partial charge in [0.15, 0.2) is 5.78 Å². The van der Waals surface area contributed by atoms with Crippen molar-refractivity contribution >= 4 is 72.7 Å². The molecule has 3 aromatic carbocycles. The van der Waals surface area contributed by atoms with Crippen molar-refractivity contribution in [3.8, 4) is 17.0 Å². The zero-order valence-corrected chi connectivity index (χ0v) is 21.8. The fourth-order valence-corrected chi connectivity index (χ4v) is 4.29. The molecule has 40 heavy (non-hydrogen) atoms. The Morgan fingerprint density at radius 2 is 1.68 bits per heavy atom. The molecule has 1 aromatic heterocycles. The van der Waals surface area contributed by atoms with E-state index in [2.05, 4.69) is 10.4 Å². The van der Waals surface area contributed by atoms with Crippen LogP contribution in [0, 0.1) is 0 Å². The van der Waals surface area contributed by atoms with Crippen molar-refractivity contribution < 1.29 is 24.2 Å². The first kappa shape index (κ1) is 31.0. The van der Waals surface area contributed by atoms with Gasteiger partial charge in [0.2, 0.25) is 11.8 Å². The topological polar surface area (TPSA) is 128 Å². The minimum atomic E-state index is -1.09. The molecule has 1 heterocycles. The maximum absolute atomic E-state index is 13.5. The Morgan fingerprint density at radius 3 is 2.27 bits per heavy atom. The number of hydrogen-bond acceptors (Lipinski definition) is 6. The number of ether oxygens (including phenoxy) is 1. The Morgan fingerprint density at radius 1 is 1.00 bits per heavy atom. The standard InChI is InChI=1S/C29H24ClN3O6.Ca.2H/c1-17(34)22-13-10-20(30)15-23(22)24-16-26(35)33(32-28(24)39-2)25(14-18-6-4-3-5-7-18)27(36)31-21-11-8-19(9-12-21)29(37)38;;;/h3-13,15-16,25H,14H2,1-2H3,(H,31,36)(H,37,38);;;/t25-;;;/m0.../s1. The van der Waals surface area contributed by atoms with Gasteiger partial charge in [-0.1, -0.05) is 41.9 Å². The number of hydrogen-bond donors (Lipinski definition) is 2. The summed E-state index contributed by atoms with van der Waals surface area (Å²) in [7, 11) is 1.37. The summed E-state index contributed by atoms with van der Waals surface area (Å²) in [6.45, 7) is 1.40. The first-order valence-corrected chi connectivity index (χ1v) is 12.2. The van der Waals surface area contributed by atoms with Crippen LogP contribution in [0.4, 0.5) is 5.69 Å². The van der Waals surface area contributed by atoms with Crippen LogP contribution in [0.3, 0.4) is 0 Å². The third kappa shape index (κ3) is 7.17. The number of amides is 1. The van der Waals surface area contributed by atoms with E-state index in [1.165, 1.54) is 44.4 Å². The number of carboxylic acids is 1. The summed E-state index contributed by atoms with van der Waals surface area (Å²) in [6.07, 6.45) is 0.130. The zero-order chi connectivity index (χ0) is 28.1. The summed E-state index contributed by atoms with van der Waals surface area (Å²) in [4.78, 5) is 50.4. The van der Waals surface area contributed by atoms with Gasteiger partial charge in [0.05, 0.1) is 18.2 Å². The summed E-state index contributed by atoms with van der Waals surface area (Å²) in [5, 5.41) is 16.6. The maximum atomic E-state index is 13.5. The van der Waals surface area contributed by atoms with Crippen molar-refractivity contribution in [2.45, 2.75) is 19.4 Å². The molecular formula is C29H26CaClN3O6. The number of nitrogens with zero attached hydrogens (tertiary/aromatic N) is 2. The second kappa shape index (κ2) is 13.7. The normalized spacial score (nSPS) is 11.2. The van der Waals surface area contributed by atoms with Gasteiger partial charge in [-0.15, -0.1) is 5.10 Å². The Labute approximate surface area is 264 Å². The summed E-state index contributed by atoms with van der Waals surface area (Å²) < 4.78 is 6.53. The van der Waals surface area contributed by atoms with Gasteiger partial charge in [-0.25, -0.2) is 9.48 Å². The fraction of sp³-hybridized carbons (Fsp3) is 0.138. The van der Waals surface area contributed by atoms with E-state index in [4.69, 9.17) is 21.4 Å². The third-order valence-electron chi connectivity index (χ3n) is 6.04. The first-order chi connectivity index (χ1) is 18.7. The average Bonchev–Trinajstić information content (AvgIpc) is 2.92. The Hall–Kier alpha value is -3.50. The number of rotatable bonds is 9. The van der Waals surface area contributed by atoms with E-state index in [1.54, 1.807) is 18.2 Å². The summed E-state index contributed by atoms with van der Waals surface area (Å²) >= 11 is 6.18. The van der Waals surface area contributed by atoms with Crippen LogP contribution in [-0.2, 0) is 11.2 Å². The molecule has 0 saturated heterocycles. The van der Waals surface area contributed by atoms with Crippen LogP contribution in [0.2, 0.25) is 5.02 Å². The van der Waals surface area contributed by atoms with E-state index in [-0.39, 0.29) is 66.9 Å². The van der Waals surface area contributed by atoms with Crippen LogP contribution >= 0.6 is 11.6 Å². The van der Waals surface area contributed by atoms with Gasteiger partial charge in [0, 0.05) is 28.8 Å². The summed E-state index contributed by atoms with van der Waals surface area (Å²) in [5.41, 5.74) is 1.57. The average molecular weight is 588 g/mol. The number of aromatic carboxylic acids is 1. The quantitative estimate of drug-likeness (QED) is 0.224. The van der Waals surface area contributed by atoms with Crippen LogP contribution < -0.4 is 15.6 Å². The number of nitrogens with one attached hydrogen (secondary N) is 1. The van der Waals surface area contributed by atoms with Crippen molar-refractivity contribution in [2.75, 3.05) is 12.4 Å². The van der Waals surface area contributed by atoms with Crippen LogP contribution in [0.25, 0.3) is 11.1 Å². The predicted molar refractivity (Wildman–Crippen MR) is 155 cm³/mol. The number of carbonyl (C=O) groups is 3. The van der Waals surface area contributed by atoms with E-state index >= 15 is 0 Å². The first-order valence-electron chi connectivity index (χ1n) is 11.8. The molecule has 11 heteroatoms. The van der Waals surface area contributed by atoms with Gasteiger partial charge in [-0.05, 0) is 60.5 Å². The Kier molecular flexibility index (Phi) is 10.6. The number of methoxy groups -OCH3 is 1. The molecular weight excluding hydrogens is 562 g/mol. The molecule has 2 N–H and O–H groups in total. The van der Waals surface area contributed by atoms with Gasteiger partial charge < -0.3 is 15.2 Å². The molecule has 0 bridgehead atoms. The molecule has 0 aliphatic heterocycles. The van der Waals surface area contributed by atoms with Gasteiger partial charge >= 0.3 is 43.7 Å². The van der Waals surface area contributed by atoms with Crippen LogP contribution in [0.5, 0.6) is 5.88 Å². The monoisotopic (exact) mass is 587 g/mol. The van der Waals surface area contributed by atoms with Crippen molar-refractivity contribution in [3.05, 3.63) is 111 Å². The molecule has 4 aromatic rings. The van der Waals surface area contributed by atoms with E-state index in [0.717, 1.165) is 10.2 Å². The SMILES string of the molecule is COc1nn([C@@H](Cc2ccccc2)C(=O)Nc2ccc(C(=O)O)cc2)c(=O)cc1-c1cc(Cl)ccc1C(C)=O.[CaH2]. The molecule has 1 amide bonds. The van der Waals surface area contributed by atoms with Gasteiger partial charge in [-0.2, -0.15) is 0 Å². The molecule has 4 rings (SSSR count). The Bertz CT molecular complexity index is 1610. The second-order valence-corrected chi connectivity index (χ2v) is 9.11. The van der Waals surface area contributed by atoms with Crippen LogP contribution in [0.15, 0.2) is 83.7 Å². The number of Topliss-reactive ketones (excluding diaryl/α,β-unsaturated/α-hetero) is 1. The van der Waals surface area contributed by atoms with Crippen molar-refractivity contribution in [1.29, 1.82) is 0 Å². The van der Waals surface area contributed by atoms with E-state index < -0.39 is 23.5 Å². The third-order valence-corrected chi connectivity index (χ3v) is 6.27. The molecule has 0 radical (unpaired) electrons.